The molecule has 1 aromatic carbocycles. The van der Waals surface area contributed by atoms with E-state index >= 15 is 0 Å². The molecule has 0 spiro atoms. The quantitative estimate of drug-likeness (QED) is 0.846. The third-order valence-corrected chi connectivity index (χ3v) is 2.57. The van der Waals surface area contributed by atoms with Crippen molar-refractivity contribution in [3.63, 3.8) is 0 Å². The fourth-order valence-corrected chi connectivity index (χ4v) is 1.57. The number of rotatable bonds is 4. The summed E-state index contributed by atoms with van der Waals surface area (Å²) in [5.74, 6) is 1.44. The highest BCUT2D eigenvalue weighted by Crippen LogP contribution is 2.15. The Morgan fingerprint density at radius 2 is 1.95 bits per heavy atom. The van der Waals surface area contributed by atoms with Gasteiger partial charge in [0.25, 0.3) is 0 Å². The monoisotopic (exact) mass is 258 g/mol. The Balaban J connectivity index is 2.22. The van der Waals surface area contributed by atoms with Gasteiger partial charge in [-0.1, -0.05) is 18.2 Å². The molecule has 1 aromatic heterocycles. The number of benzene rings is 1. The van der Waals surface area contributed by atoms with Crippen molar-refractivity contribution >= 4 is 12.2 Å². The van der Waals surface area contributed by atoms with Crippen LogP contribution in [0.2, 0.25) is 0 Å². The molecule has 0 aliphatic heterocycles. The molecule has 1 heterocycles. The van der Waals surface area contributed by atoms with Crippen LogP contribution in [0.1, 0.15) is 11.3 Å². The first-order valence-corrected chi connectivity index (χ1v) is 5.72. The summed E-state index contributed by atoms with van der Waals surface area (Å²) in [6, 6.07) is 8.96. The second kappa shape index (κ2) is 5.91. The van der Waals surface area contributed by atoms with Gasteiger partial charge in [0.1, 0.15) is 17.8 Å². The lowest BCUT2D eigenvalue weighted by molar-refractivity contribution is 0.385. The van der Waals surface area contributed by atoms with Crippen LogP contribution in [0, 0.1) is 0 Å². The summed E-state index contributed by atoms with van der Waals surface area (Å²) < 4.78 is 15.2. The van der Waals surface area contributed by atoms with E-state index in [2.05, 4.69) is 0 Å². The van der Waals surface area contributed by atoms with Crippen molar-refractivity contribution in [3.05, 3.63) is 58.1 Å². The Kier molecular flexibility index (Phi) is 4.03. The molecule has 0 atom stereocenters. The highest BCUT2D eigenvalue weighted by Gasteiger charge is 2.00. The fourth-order valence-electron chi connectivity index (χ4n) is 1.57. The van der Waals surface area contributed by atoms with Crippen molar-refractivity contribution in [1.29, 1.82) is 0 Å². The first-order chi connectivity index (χ1) is 9.22. The molecular formula is C15H14O4. The highest BCUT2D eigenvalue weighted by molar-refractivity contribution is 5.68. The van der Waals surface area contributed by atoms with E-state index in [-0.39, 0.29) is 11.2 Å². The van der Waals surface area contributed by atoms with Gasteiger partial charge in [0.15, 0.2) is 0 Å². The van der Waals surface area contributed by atoms with Gasteiger partial charge in [-0.3, -0.25) is 4.79 Å². The second-order valence-corrected chi connectivity index (χ2v) is 3.82. The Labute approximate surface area is 110 Å². The molecule has 98 valence electrons. The van der Waals surface area contributed by atoms with Crippen LogP contribution in [0.25, 0.3) is 12.2 Å². The molecular weight excluding hydrogens is 244 g/mol. The van der Waals surface area contributed by atoms with Crippen LogP contribution in [-0.2, 0) is 0 Å². The minimum absolute atomic E-state index is 0.193. The molecule has 0 saturated heterocycles. The zero-order valence-corrected chi connectivity index (χ0v) is 10.8. The van der Waals surface area contributed by atoms with Crippen LogP contribution < -0.4 is 14.9 Å². The molecule has 2 aromatic rings. The van der Waals surface area contributed by atoms with Gasteiger partial charge >= 0.3 is 0 Å². The van der Waals surface area contributed by atoms with Crippen molar-refractivity contribution in [1.82, 2.24) is 0 Å². The lowest BCUT2D eigenvalue weighted by Gasteiger charge is -2.00. The van der Waals surface area contributed by atoms with Crippen molar-refractivity contribution in [2.75, 3.05) is 14.2 Å². The van der Waals surface area contributed by atoms with Gasteiger partial charge in [-0.05, 0) is 23.8 Å². The van der Waals surface area contributed by atoms with Crippen LogP contribution >= 0.6 is 0 Å². The van der Waals surface area contributed by atoms with Gasteiger partial charge in [0.05, 0.1) is 14.2 Å². The van der Waals surface area contributed by atoms with E-state index < -0.39 is 0 Å². The lowest BCUT2D eigenvalue weighted by Crippen LogP contribution is -2.03. The van der Waals surface area contributed by atoms with Gasteiger partial charge < -0.3 is 13.9 Å². The molecule has 0 unspecified atom stereocenters. The Bertz CT molecular complexity index is 641. The van der Waals surface area contributed by atoms with E-state index in [4.69, 9.17) is 13.9 Å². The third kappa shape index (κ3) is 3.25. The van der Waals surface area contributed by atoms with Gasteiger partial charge in [-0.2, -0.15) is 0 Å². The van der Waals surface area contributed by atoms with E-state index in [1.54, 1.807) is 13.2 Å². The molecule has 4 nitrogen and oxygen atoms in total. The van der Waals surface area contributed by atoms with E-state index in [1.807, 2.05) is 30.3 Å². The predicted octanol–water partition coefficient (Wildman–Crippen LogP) is 2.83. The summed E-state index contributed by atoms with van der Waals surface area (Å²) in [6.07, 6.45) is 4.86. The molecule has 0 radical (unpaired) electrons. The molecule has 19 heavy (non-hydrogen) atoms. The maximum Gasteiger partial charge on any atom is 0.227 e. The summed E-state index contributed by atoms with van der Waals surface area (Å²) in [5, 5.41) is 0. The zero-order valence-electron chi connectivity index (χ0n) is 10.8. The van der Waals surface area contributed by atoms with Crippen LogP contribution in [0.15, 0.2) is 45.8 Å². The summed E-state index contributed by atoms with van der Waals surface area (Å²) in [7, 11) is 3.04. The van der Waals surface area contributed by atoms with Crippen molar-refractivity contribution in [2.45, 2.75) is 0 Å². The van der Waals surface area contributed by atoms with Crippen molar-refractivity contribution in [2.24, 2.45) is 0 Å². The van der Waals surface area contributed by atoms with Crippen molar-refractivity contribution < 1.29 is 13.9 Å². The SMILES string of the molecule is COc1cccc(/C=C/c2cc(=O)c(OC)co2)c1. The normalized spacial score (nSPS) is 10.6. The van der Waals surface area contributed by atoms with E-state index in [0.717, 1.165) is 11.3 Å². The molecule has 0 aliphatic carbocycles. The maximum atomic E-state index is 11.5. The van der Waals surface area contributed by atoms with E-state index in [0.29, 0.717) is 5.76 Å². The molecule has 2 rings (SSSR count). The first-order valence-electron chi connectivity index (χ1n) is 5.72. The van der Waals surface area contributed by atoms with Crippen molar-refractivity contribution in [3.8, 4) is 11.5 Å². The molecule has 0 N–H and O–H groups in total. The topological polar surface area (TPSA) is 48.7 Å². The largest absolute Gasteiger partial charge is 0.497 e. The number of hydrogen-bond acceptors (Lipinski definition) is 4. The Morgan fingerprint density at radius 1 is 1.11 bits per heavy atom. The average molecular weight is 258 g/mol. The Morgan fingerprint density at radius 3 is 2.63 bits per heavy atom. The van der Waals surface area contributed by atoms with Crippen LogP contribution in [-0.4, -0.2) is 14.2 Å². The minimum Gasteiger partial charge on any atom is -0.497 e. The molecule has 0 saturated carbocycles. The maximum absolute atomic E-state index is 11.5. The second-order valence-electron chi connectivity index (χ2n) is 3.82. The highest BCUT2D eigenvalue weighted by atomic mass is 16.5. The molecule has 0 bridgehead atoms. The summed E-state index contributed by atoms with van der Waals surface area (Å²) >= 11 is 0. The smallest absolute Gasteiger partial charge is 0.227 e. The number of ether oxygens (including phenoxy) is 2. The fraction of sp³-hybridized carbons (Fsp3) is 0.133. The summed E-state index contributed by atoms with van der Waals surface area (Å²) in [6.45, 7) is 0. The van der Waals surface area contributed by atoms with E-state index in [9.17, 15) is 4.79 Å². The lowest BCUT2D eigenvalue weighted by atomic mass is 10.2. The van der Waals surface area contributed by atoms with Crippen LogP contribution in [0.5, 0.6) is 11.5 Å². The number of methoxy groups -OCH3 is 2. The standard InChI is InChI=1S/C15H14O4/c1-17-12-5-3-4-11(8-12)6-7-13-9-14(16)15(18-2)10-19-13/h3-10H,1-2H3/b7-6+. The first kappa shape index (κ1) is 13.0. The average Bonchev–Trinajstić information content (AvgIpc) is 2.45. The van der Waals surface area contributed by atoms with Crippen LogP contribution in [0.4, 0.5) is 0 Å². The van der Waals surface area contributed by atoms with Gasteiger partial charge in [0.2, 0.25) is 11.2 Å². The molecule has 0 aliphatic rings. The summed E-state index contributed by atoms with van der Waals surface area (Å²) in [4.78, 5) is 11.5. The van der Waals surface area contributed by atoms with E-state index in [1.165, 1.54) is 19.4 Å². The molecule has 0 fully saturated rings. The molecule has 0 amide bonds. The minimum atomic E-state index is -0.209. The zero-order chi connectivity index (χ0) is 13.7. The predicted molar refractivity (Wildman–Crippen MR) is 73.5 cm³/mol. The van der Waals surface area contributed by atoms with Gasteiger partial charge in [-0.25, -0.2) is 0 Å². The number of hydrogen-bond donors (Lipinski definition) is 0. The summed E-state index contributed by atoms with van der Waals surface area (Å²) in [5.41, 5.74) is 0.747. The van der Waals surface area contributed by atoms with Gasteiger partial charge in [0, 0.05) is 6.07 Å². The van der Waals surface area contributed by atoms with Gasteiger partial charge in [-0.15, -0.1) is 0 Å². The third-order valence-electron chi connectivity index (χ3n) is 2.57. The van der Waals surface area contributed by atoms with Crippen LogP contribution in [0.3, 0.4) is 0 Å². The Hall–Kier alpha value is -2.49. The molecule has 4 heteroatoms.